The lowest BCUT2D eigenvalue weighted by Crippen LogP contribution is -2.47. The lowest BCUT2D eigenvalue weighted by atomic mass is 10.0. The van der Waals surface area contributed by atoms with Crippen molar-refractivity contribution in [3.63, 3.8) is 0 Å². The van der Waals surface area contributed by atoms with Crippen molar-refractivity contribution >= 4 is 29.4 Å². The molecule has 2 atom stereocenters. The van der Waals surface area contributed by atoms with Gasteiger partial charge in [-0.25, -0.2) is 4.79 Å². The maximum absolute atomic E-state index is 12.9. The van der Waals surface area contributed by atoms with Crippen LogP contribution in [-0.2, 0) is 32.1 Å². The lowest BCUT2D eigenvalue weighted by molar-refractivity contribution is -0.143. The highest BCUT2D eigenvalue weighted by Crippen LogP contribution is 2.24. The first-order valence-electron chi connectivity index (χ1n) is 11.2. The molecule has 0 saturated carbocycles. The van der Waals surface area contributed by atoms with Crippen LogP contribution in [0.25, 0.3) is 0 Å². The van der Waals surface area contributed by atoms with Crippen LogP contribution in [0, 0.1) is 0 Å². The van der Waals surface area contributed by atoms with Crippen LogP contribution in [0.4, 0.5) is 0 Å². The molecule has 0 bridgehead atoms. The average molecular weight is 488 g/mol. The van der Waals surface area contributed by atoms with Crippen LogP contribution in [-0.4, -0.2) is 55.0 Å². The Bertz CT molecular complexity index is 1000. The molecule has 1 saturated heterocycles. The Morgan fingerprint density at radius 3 is 2.71 bits per heavy atom. The van der Waals surface area contributed by atoms with Gasteiger partial charge in [0.25, 0.3) is 0 Å². The fraction of sp³-hybridized carbons (Fsp3) is 0.400. The van der Waals surface area contributed by atoms with Crippen LogP contribution >= 0.6 is 11.6 Å². The second-order valence-corrected chi connectivity index (χ2v) is 8.67. The molecule has 3 rings (SSSR count). The van der Waals surface area contributed by atoms with Crippen molar-refractivity contribution in [2.45, 2.75) is 44.3 Å². The molecule has 0 aromatic heterocycles. The van der Waals surface area contributed by atoms with E-state index in [4.69, 9.17) is 22.1 Å². The van der Waals surface area contributed by atoms with E-state index in [2.05, 4.69) is 10.1 Å². The third-order valence-electron chi connectivity index (χ3n) is 5.70. The van der Waals surface area contributed by atoms with E-state index in [0.29, 0.717) is 35.7 Å². The predicted molar refractivity (Wildman–Crippen MR) is 128 cm³/mol. The van der Waals surface area contributed by atoms with Gasteiger partial charge in [0.2, 0.25) is 11.8 Å². The van der Waals surface area contributed by atoms with Gasteiger partial charge < -0.3 is 25.4 Å². The molecular formula is C25H30ClN3O5. The van der Waals surface area contributed by atoms with Gasteiger partial charge in [-0.1, -0.05) is 41.9 Å². The summed E-state index contributed by atoms with van der Waals surface area (Å²) in [5.74, 6) is -0.468. The van der Waals surface area contributed by atoms with E-state index < -0.39 is 12.0 Å². The minimum Gasteiger partial charge on any atom is -0.482 e. The molecule has 0 spiro atoms. The summed E-state index contributed by atoms with van der Waals surface area (Å²) < 4.78 is 10.1. The molecule has 9 heteroatoms. The fourth-order valence-corrected chi connectivity index (χ4v) is 4.19. The molecular weight excluding hydrogens is 458 g/mol. The van der Waals surface area contributed by atoms with E-state index in [1.165, 1.54) is 7.11 Å². The molecule has 2 aromatic carbocycles. The van der Waals surface area contributed by atoms with Gasteiger partial charge in [-0.3, -0.25) is 9.59 Å². The number of methoxy groups -OCH3 is 1. The van der Waals surface area contributed by atoms with E-state index in [-0.39, 0.29) is 37.4 Å². The van der Waals surface area contributed by atoms with E-state index >= 15 is 0 Å². The first-order chi connectivity index (χ1) is 16.4. The zero-order chi connectivity index (χ0) is 24.5. The highest BCUT2D eigenvalue weighted by atomic mass is 35.5. The summed E-state index contributed by atoms with van der Waals surface area (Å²) in [5.41, 5.74) is 7.90. The van der Waals surface area contributed by atoms with Gasteiger partial charge in [0.1, 0.15) is 11.8 Å². The van der Waals surface area contributed by atoms with E-state index in [1.807, 2.05) is 30.3 Å². The first-order valence-corrected chi connectivity index (χ1v) is 11.6. The number of esters is 1. The minimum absolute atomic E-state index is 0.120. The number of hydrogen-bond acceptors (Lipinski definition) is 6. The Labute approximate surface area is 204 Å². The van der Waals surface area contributed by atoms with Crippen LogP contribution in [0.15, 0.2) is 48.5 Å². The molecule has 1 aliphatic heterocycles. The smallest absolute Gasteiger partial charge is 0.343 e. The van der Waals surface area contributed by atoms with E-state index in [0.717, 1.165) is 12.0 Å². The van der Waals surface area contributed by atoms with Gasteiger partial charge in [-0.2, -0.15) is 0 Å². The quantitative estimate of drug-likeness (QED) is 0.498. The van der Waals surface area contributed by atoms with E-state index in [1.54, 1.807) is 23.1 Å². The van der Waals surface area contributed by atoms with Crippen LogP contribution in [0.3, 0.4) is 0 Å². The highest BCUT2D eigenvalue weighted by Gasteiger charge is 2.34. The van der Waals surface area contributed by atoms with Crippen LogP contribution in [0.2, 0.25) is 5.02 Å². The molecule has 2 amide bonds. The molecule has 2 aromatic rings. The molecule has 1 fully saturated rings. The molecule has 3 N–H and O–H groups in total. The SMILES string of the molecule is COC(=O)COc1ccc(Cl)cc1CNC(=O)C1CCCN1C(=O)CC(N)Cc1ccccc1. The Morgan fingerprint density at radius 1 is 1.21 bits per heavy atom. The zero-order valence-electron chi connectivity index (χ0n) is 19.2. The number of carbonyl (C=O) groups is 3. The summed E-state index contributed by atoms with van der Waals surface area (Å²) in [4.78, 5) is 38.8. The molecule has 8 nitrogen and oxygen atoms in total. The Hall–Kier alpha value is -3.10. The van der Waals surface area contributed by atoms with Gasteiger partial charge in [0.15, 0.2) is 6.61 Å². The van der Waals surface area contributed by atoms with Crippen molar-refractivity contribution < 1.29 is 23.9 Å². The number of likely N-dealkylation sites (tertiary alicyclic amines) is 1. The predicted octanol–water partition coefficient (Wildman–Crippen LogP) is 2.46. The van der Waals surface area contributed by atoms with Gasteiger partial charge >= 0.3 is 5.97 Å². The van der Waals surface area contributed by atoms with Gasteiger partial charge in [0, 0.05) is 36.1 Å². The number of carbonyl (C=O) groups excluding carboxylic acids is 3. The molecule has 2 unspecified atom stereocenters. The fourth-order valence-electron chi connectivity index (χ4n) is 3.99. The maximum atomic E-state index is 12.9. The van der Waals surface area contributed by atoms with Crippen molar-refractivity contribution in [2.75, 3.05) is 20.3 Å². The number of rotatable bonds is 10. The summed E-state index contributed by atoms with van der Waals surface area (Å²) in [5, 5.41) is 3.34. The van der Waals surface area contributed by atoms with Crippen molar-refractivity contribution in [3.8, 4) is 5.75 Å². The van der Waals surface area contributed by atoms with Crippen molar-refractivity contribution in [3.05, 3.63) is 64.7 Å². The minimum atomic E-state index is -0.546. The van der Waals surface area contributed by atoms with Crippen molar-refractivity contribution in [2.24, 2.45) is 5.73 Å². The summed E-state index contributed by atoms with van der Waals surface area (Å²) >= 11 is 6.10. The number of amides is 2. The number of nitrogens with two attached hydrogens (primary N) is 1. The third kappa shape index (κ3) is 7.20. The largest absolute Gasteiger partial charge is 0.482 e. The average Bonchev–Trinajstić information content (AvgIpc) is 3.32. The molecule has 0 aliphatic carbocycles. The number of benzene rings is 2. The van der Waals surface area contributed by atoms with Crippen LogP contribution in [0.1, 0.15) is 30.4 Å². The Kier molecular flexibility index (Phi) is 9.30. The summed E-state index contributed by atoms with van der Waals surface area (Å²) in [6, 6.07) is 13.8. The number of hydrogen-bond donors (Lipinski definition) is 2. The number of nitrogens with one attached hydrogen (secondary N) is 1. The monoisotopic (exact) mass is 487 g/mol. The summed E-state index contributed by atoms with van der Waals surface area (Å²) in [7, 11) is 1.28. The molecule has 182 valence electrons. The normalized spacial score (nSPS) is 16.1. The number of ether oxygens (including phenoxy) is 2. The van der Waals surface area contributed by atoms with Crippen LogP contribution in [0.5, 0.6) is 5.75 Å². The summed E-state index contributed by atoms with van der Waals surface area (Å²) in [6.45, 7) is 0.412. The number of nitrogens with zero attached hydrogens (tertiary/aromatic N) is 1. The molecule has 34 heavy (non-hydrogen) atoms. The topological polar surface area (TPSA) is 111 Å². The molecule has 1 aliphatic rings. The maximum Gasteiger partial charge on any atom is 0.343 e. The third-order valence-corrected chi connectivity index (χ3v) is 5.94. The first kappa shape index (κ1) is 25.5. The van der Waals surface area contributed by atoms with Gasteiger partial charge in [-0.15, -0.1) is 0 Å². The van der Waals surface area contributed by atoms with Crippen molar-refractivity contribution in [1.82, 2.24) is 10.2 Å². The van der Waals surface area contributed by atoms with Gasteiger partial charge in [0.05, 0.1) is 7.11 Å². The zero-order valence-corrected chi connectivity index (χ0v) is 19.9. The standard InChI is InChI=1S/C25H30ClN3O5/c1-33-24(31)16-34-22-10-9-19(26)13-18(22)15-28-25(32)21-8-5-11-29(21)23(30)14-20(27)12-17-6-3-2-4-7-17/h2-4,6-7,9-10,13,20-21H,5,8,11-12,14-16,27H2,1H3,(H,28,32). The van der Waals surface area contributed by atoms with E-state index in [9.17, 15) is 14.4 Å². The second kappa shape index (κ2) is 12.4. The Morgan fingerprint density at radius 2 is 1.97 bits per heavy atom. The van der Waals surface area contributed by atoms with Gasteiger partial charge in [-0.05, 0) is 43.0 Å². The second-order valence-electron chi connectivity index (χ2n) is 8.23. The van der Waals surface area contributed by atoms with Crippen LogP contribution < -0.4 is 15.8 Å². The molecule has 0 radical (unpaired) electrons. The summed E-state index contributed by atoms with van der Waals surface area (Å²) in [6.07, 6.45) is 2.12. The Balaban J connectivity index is 1.56. The lowest BCUT2D eigenvalue weighted by Gasteiger charge is -2.25. The number of halogens is 1. The van der Waals surface area contributed by atoms with Crippen molar-refractivity contribution in [1.29, 1.82) is 0 Å². The highest BCUT2D eigenvalue weighted by molar-refractivity contribution is 6.30. The molecule has 1 heterocycles.